The van der Waals surface area contributed by atoms with Gasteiger partial charge in [0.1, 0.15) is 18.2 Å². The number of halogens is 1. The molecular weight excluding hydrogens is 395 g/mol. The molecule has 1 aliphatic heterocycles. The van der Waals surface area contributed by atoms with Crippen LogP contribution in [-0.2, 0) is 11.4 Å². The molecule has 0 bridgehead atoms. The van der Waals surface area contributed by atoms with E-state index in [1.165, 1.54) is 6.07 Å². The number of ether oxygens (including phenoxy) is 1. The Morgan fingerprint density at radius 2 is 1.68 bits per heavy atom. The van der Waals surface area contributed by atoms with Gasteiger partial charge in [0.2, 0.25) is 0 Å². The topological polar surface area (TPSA) is 59.0 Å². The van der Waals surface area contributed by atoms with Crippen molar-refractivity contribution < 1.29 is 18.7 Å². The van der Waals surface area contributed by atoms with Gasteiger partial charge in [0.05, 0.1) is 11.3 Å². The number of nitrogens with zero attached hydrogens (tertiary/aromatic N) is 2. The van der Waals surface area contributed by atoms with Gasteiger partial charge in [0, 0.05) is 11.1 Å². The first-order valence-corrected chi connectivity index (χ1v) is 9.70. The molecule has 5 nitrogen and oxygen atoms in total. The molecule has 3 aromatic carbocycles. The number of carbonyl (C=O) groups excluding carboxylic acids is 2. The predicted molar refractivity (Wildman–Crippen MR) is 116 cm³/mol. The molecule has 6 heteroatoms. The van der Waals surface area contributed by atoms with E-state index >= 15 is 0 Å². The first-order valence-electron chi connectivity index (χ1n) is 9.70. The second kappa shape index (κ2) is 8.75. The van der Waals surface area contributed by atoms with Crippen LogP contribution in [0.1, 0.15) is 28.4 Å². The van der Waals surface area contributed by atoms with Gasteiger partial charge in [0.15, 0.2) is 0 Å². The Morgan fingerprint density at radius 1 is 1.00 bits per heavy atom. The number of hydrogen-bond acceptors (Lipinski definition) is 4. The van der Waals surface area contributed by atoms with Crippen molar-refractivity contribution in [3.8, 4) is 5.75 Å². The lowest BCUT2D eigenvalue weighted by Gasteiger charge is -2.09. The van der Waals surface area contributed by atoms with Crippen molar-refractivity contribution in [3.63, 3.8) is 0 Å². The van der Waals surface area contributed by atoms with Gasteiger partial charge in [-0.3, -0.25) is 9.59 Å². The zero-order valence-electron chi connectivity index (χ0n) is 16.8. The highest BCUT2D eigenvalue weighted by Crippen LogP contribution is 2.22. The minimum Gasteiger partial charge on any atom is -0.489 e. The van der Waals surface area contributed by atoms with Gasteiger partial charge < -0.3 is 4.74 Å². The Morgan fingerprint density at radius 3 is 2.39 bits per heavy atom. The molecule has 31 heavy (non-hydrogen) atoms. The summed E-state index contributed by atoms with van der Waals surface area (Å²) in [5.41, 5.74) is 2.44. The molecule has 1 aliphatic rings. The van der Waals surface area contributed by atoms with E-state index in [1.807, 2.05) is 0 Å². The molecule has 3 aromatic rings. The number of carbonyl (C=O) groups is 2. The third kappa shape index (κ3) is 4.43. The lowest BCUT2D eigenvalue weighted by atomic mass is 10.1. The Balaban J connectivity index is 1.46. The van der Waals surface area contributed by atoms with E-state index in [-0.39, 0.29) is 12.4 Å². The van der Waals surface area contributed by atoms with E-state index in [2.05, 4.69) is 5.10 Å². The maximum absolute atomic E-state index is 13.7. The number of rotatable bonds is 5. The van der Waals surface area contributed by atoms with E-state index in [9.17, 15) is 14.0 Å². The molecule has 0 radical (unpaired) electrons. The summed E-state index contributed by atoms with van der Waals surface area (Å²) in [4.78, 5) is 25.3. The molecule has 0 saturated heterocycles. The molecule has 154 valence electrons. The summed E-state index contributed by atoms with van der Waals surface area (Å²) in [5.74, 6) is -0.668. The second-order valence-corrected chi connectivity index (χ2v) is 6.98. The standard InChI is InChI=1S/C25H19FN2O3/c1-17-22(25(30)28(27-17)24(29)19-7-3-2-4-8-19)15-18-11-13-21(14-12-18)31-16-20-9-5-6-10-23(20)26/h2-15H,16H2,1H3/b22-15+. The van der Waals surface area contributed by atoms with E-state index in [0.29, 0.717) is 28.2 Å². The average molecular weight is 414 g/mol. The summed E-state index contributed by atoms with van der Waals surface area (Å²) in [6.07, 6.45) is 1.68. The largest absolute Gasteiger partial charge is 0.489 e. The van der Waals surface area contributed by atoms with E-state index in [0.717, 1.165) is 10.6 Å². The number of hydrogen-bond donors (Lipinski definition) is 0. The van der Waals surface area contributed by atoms with Crippen LogP contribution in [0.5, 0.6) is 5.75 Å². The highest BCUT2D eigenvalue weighted by Gasteiger charge is 2.32. The first-order chi connectivity index (χ1) is 15.0. The van der Waals surface area contributed by atoms with Crippen molar-refractivity contribution in [2.75, 3.05) is 0 Å². The first kappa shape index (κ1) is 20.2. The van der Waals surface area contributed by atoms with E-state index in [1.54, 1.807) is 85.8 Å². The second-order valence-electron chi connectivity index (χ2n) is 6.98. The Labute approximate surface area is 179 Å². The minimum atomic E-state index is -0.467. The predicted octanol–water partition coefficient (Wildman–Crippen LogP) is 4.85. The third-order valence-corrected chi connectivity index (χ3v) is 4.82. The minimum absolute atomic E-state index is 0.119. The van der Waals surface area contributed by atoms with Crippen molar-refractivity contribution >= 4 is 23.6 Å². The zero-order chi connectivity index (χ0) is 21.8. The van der Waals surface area contributed by atoms with Crippen LogP contribution in [0.3, 0.4) is 0 Å². The van der Waals surface area contributed by atoms with Crippen LogP contribution in [0, 0.1) is 5.82 Å². The lowest BCUT2D eigenvalue weighted by Crippen LogP contribution is -2.29. The summed E-state index contributed by atoms with van der Waals surface area (Å²) in [6, 6.07) is 22.0. The van der Waals surface area contributed by atoms with Gasteiger partial charge in [-0.25, -0.2) is 4.39 Å². The monoisotopic (exact) mass is 414 g/mol. The quantitative estimate of drug-likeness (QED) is 0.443. The number of benzene rings is 3. The third-order valence-electron chi connectivity index (χ3n) is 4.82. The molecule has 0 saturated carbocycles. The smallest absolute Gasteiger partial charge is 0.283 e. The van der Waals surface area contributed by atoms with Gasteiger partial charge in [-0.1, -0.05) is 48.5 Å². The van der Waals surface area contributed by atoms with Crippen molar-refractivity contribution in [2.45, 2.75) is 13.5 Å². The number of amides is 2. The van der Waals surface area contributed by atoms with Crippen LogP contribution in [0.25, 0.3) is 6.08 Å². The summed E-state index contributed by atoms with van der Waals surface area (Å²) < 4.78 is 19.3. The molecule has 0 N–H and O–H groups in total. The molecule has 0 spiro atoms. The lowest BCUT2D eigenvalue weighted by molar-refractivity contribution is -0.123. The van der Waals surface area contributed by atoms with Crippen LogP contribution in [-0.4, -0.2) is 22.5 Å². The molecule has 1 heterocycles. The van der Waals surface area contributed by atoms with Crippen LogP contribution in [0.15, 0.2) is 89.5 Å². The number of hydrazone groups is 1. The van der Waals surface area contributed by atoms with Crippen molar-refractivity contribution in [1.82, 2.24) is 5.01 Å². The van der Waals surface area contributed by atoms with Gasteiger partial charge in [-0.2, -0.15) is 10.1 Å². The Kier molecular flexibility index (Phi) is 5.71. The Bertz CT molecular complexity index is 1180. The van der Waals surface area contributed by atoms with Gasteiger partial charge in [-0.05, 0) is 48.9 Å². The number of imide groups is 1. The average Bonchev–Trinajstić information content (AvgIpc) is 3.08. The zero-order valence-corrected chi connectivity index (χ0v) is 16.8. The molecule has 0 unspecified atom stereocenters. The van der Waals surface area contributed by atoms with Crippen LogP contribution < -0.4 is 4.74 Å². The summed E-state index contributed by atoms with van der Waals surface area (Å²) in [6.45, 7) is 1.81. The molecular formula is C25H19FN2O3. The Hall–Kier alpha value is -4.06. The fraction of sp³-hybridized carbons (Fsp3) is 0.0800. The highest BCUT2D eigenvalue weighted by atomic mass is 19.1. The molecule has 2 amide bonds. The van der Waals surface area contributed by atoms with Gasteiger partial charge in [-0.15, -0.1) is 0 Å². The maximum atomic E-state index is 13.7. The van der Waals surface area contributed by atoms with Crippen molar-refractivity contribution in [2.24, 2.45) is 5.10 Å². The normalized spacial score (nSPS) is 14.6. The summed E-state index contributed by atoms with van der Waals surface area (Å²) in [5, 5.41) is 5.03. The van der Waals surface area contributed by atoms with Gasteiger partial charge >= 0.3 is 0 Å². The van der Waals surface area contributed by atoms with Crippen LogP contribution >= 0.6 is 0 Å². The summed E-state index contributed by atoms with van der Waals surface area (Å²) in [7, 11) is 0. The van der Waals surface area contributed by atoms with Crippen LogP contribution in [0.2, 0.25) is 0 Å². The van der Waals surface area contributed by atoms with Crippen molar-refractivity contribution in [3.05, 3.63) is 107 Å². The molecule has 4 rings (SSSR count). The van der Waals surface area contributed by atoms with Crippen molar-refractivity contribution in [1.29, 1.82) is 0 Å². The molecule has 0 fully saturated rings. The van der Waals surface area contributed by atoms with E-state index < -0.39 is 11.8 Å². The van der Waals surface area contributed by atoms with Crippen LogP contribution in [0.4, 0.5) is 4.39 Å². The maximum Gasteiger partial charge on any atom is 0.283 e. The fourth-order valence-corrected chi connectivity index (χ4v) is 3.13. The summed E-state index contributed by atoms with van der Waals surface area (Å²) >= 11 is 0. The SMILES string of the molecule is CC1=NN(C(=O)c2ccccc2)C(=O)/C1=C/c1ccc(OCc2ccccc2F)cc1. The van der Waals surface area contributed by atoms with Gasteiger partial charge in [0.25, 0.3) is 11.8 Å². The fourth-order valence-electron chi connectivity index (χ4n) is 3.13. The molecule has 0 atom stereocenters. The van der Waals surface area contributed by atoms with E-state index in [4.69, 9.17) is 4.74 Å². The highest BCUT2D eigenvalue weighted by molar-refractivity contribution is 6.30. The molecule has 0 aliphatic carbocycles. The molecule has 0 aromatic heterocycles.